The van der Waals surface area contributed by atoms with Gasteiger partial charge in [0.25, 0.3) is 0 Å². The van der Waals surface area contributed by atoms with Crippen LogP contribution in [0.3, 0.4) is 0 Å². The topological polar surface area (TPSA) is 0 Å². The van der Waals surface area contributed by atoms with Crippen LogP contribution in [0.4, 0.5) is 0 Å². The molecule has 0 aliphatic heterocycles. The first-order valence-corrected chi connectivity index (χ1v) is 11.3. The van der Waals surface area contributed by atoms with Crippen molar-refractivity contribution in [3.8, 4) is 0 Å². The monoisotopic (exact) mass is 322 g/mol. The average molecular weight is 323 g/mol. The Morgan fingerprint density at radius 2 is 1.42 bits per heavy atom. The Labute approximate surface area is 133 Å². The molecule has 3 atom stereocenters. The predicted octanol–water partition coefficient (Wildman–Crippen LogP) is 6.41. The molecule has 0 aromatic carbocycles. The van der Waals surface area contributed by atoms with Crippen molar-refractivity contribution >= 4 is 30.0 Å². The Hall–Kier alpha value is 1.00. The minimum Gasteiger partial charge on any atom is -0.143 e. The highest BCUT2D eigenvalue weighted by molar-refractivity contribution is 8.56. The van der Waals surface area contributed by atoms with E-state index in [1.807, 2.05) is 0 Å². The van der Waals surface area contributed by atoms with Crippen molar-refractivity contribution in [1.82, 2.24) is 0 Å². The predicted molar refractivity (Wildman–Crippen MR) is 99.5 cm³/mol. The van der Waals surface area contributed by atoms with Gasteiger partial charge in [0.05, 0.1) is 0 Å². The molecule has 3 heteroatoms. The highest BCUT2D eigenvalue weighted by Gasteiger charge is 2.40. The summed E-state index contributed by atoms with van der Waals surface area (Å²) in [7, 11) is 0. The van der Waals surface area contributed by atoms with Crippen molar-refractivity contribution < 1.29 is 0 Å². The van der Waals surface area contributed by atoms with Gasteiger partial charge >= 0.3 is 0 Å². The molecule has 0 radical (unpaired) electrons. The summed E-state index contributed by atoms with van der Waals surface area (Å²) in [5, 5.41) is 0.188. The van der Waals surface area contributed by atoms with E-state index in [2.05, 4.69) is 74.6 Å². The lowest BCUT2D eigenvalue weighted by atomic mass is 9.68. The lowest BCUT2D eigenvalue weighted by molar-refractivity contribution is 0.145. The fourth-order valence-corrected chi connectivity index (χ4v) is 5.15. The van der Waals surface area contributed by atoms with Gasteiger partial charge in [-0.15, -0.1) is 12.2 Å². The molecule has 0 aliphatic carbocycles. The number of hydrogen-bond donors (Lipinski definition) is 1. The lowest BCUT2D eigenvalue weighted by Gasteiger charge is -2.44. The zero-order chi connectivity index (χ0) is 15.6. The van der Waals surface area contributed by atoms with Gasteiger partial charge in [-0.05, 0) is 41.4 Å². The molecule has 0 rings (SSSR count). The van der Waals surface area contributed by atoms with Gasteiger partial charge in [-0.25, -0.2) is 0 Å². The first-order valence-electron chi connectivity index (χ1n) is 7.41. The van der Waals surface area contributed by atoms with Crippen molar-refractivity contribution in [1.29, 1.82) is 0 Å². The molecule has 0 bridgehead atoms. The molecule has 0 nitrogen and oxygen atoms in total. The van der Waals surface area contributed by atoms with E-state index in [-0.39, 0.29) is 5.16 Å². The van der Waals surface area contributed by atoms with Gasteiger partial charge in [0.15, 0.2) is 0 Å². The average Bonchev–Trinajstić information content (AvgIpc) is 2.08. The third-order valence-corrected chi connectivity index (χ3v) is 8.82. The Kier molecular flexibility index (Phi) is 7.20. The third kappa shape index (κ3) is 7.00. The van der Waals surface area contributed by atoms with Crippen LogP contribution in [-0.2, 0) is 11.8 Å². The zero-order valence-electron chi connectivity index (χ0n) is 14.4. The largest absolute Gasteiger partial charge is 0.143 e. The van der Waals surface area contributed by atoms with Gasteiger partial charge in [0, 0.05) is 5.16 Å². The van der Waals surface area contributed by atoms with Gasteiger partial charge in [-0.1, -0.05) is 74.1 Å². The quantitative estimate of drug-likeness (QED) is 0.450. The van der Waals surface area contributed by atoms with E-state index < -0.39 is 5.90 Å². The molecule has 0 fully saturated rings. The van der Waals surface area contributed by atoms with E-state index in [0.717, 1.165) is 5.92 Å². The summed E-state index contributed by atoms with van der Waals surface area (Å²) in [6.07, 6.45) is 2.54. The third-order valence-electron chi connectivity index (χ3n) is 4.07. The molecule has 0 saturated heterocycles. The van der Waals surface area contributed by atoms with Crippen molar-refractivity contribution in [2.75, 3.05) is 0 Å². The number of hydrogen-bond acceptors (Lipinski definition) is 1. The van der Waals surface area contributed by atoms with E-state index in [4.69, 9.17) is 11.8 Å². The molecule has 3 unspecified atom stereocenters. The van der Waals surface area contributed by atoms with Crippen LogP contribution in [0.2, 0.25) is 0 Å². The second kappa shape index (κ2) is 6.84. The fraction of sp³-hybridized carbons (Fsp3) is 1.00. The molecule has 0 aromatic rings. The molecule has 0 amide bonds. The van der Waals surface area contributed by atoms with Gasteiger partial charge < -0.3 is 0 Å². The normalized spacial score (nSPS) is 19.1. The molecule has 0 aliphatic rings. The van der Waals surface area contributed by atoms with Crippen LogP contribution in [0.25, 0.3) is 0 Å². The van der Waals surface area contributed by atoms with Crippen LogP contribution < -0.4 is 0 Å². The van der Waals surface area contributed by atoms with E-state index in [0.29, 0.717) is 16.7 Å². The summed E-state index contributed by atoms with van der Waals surface area (Å²) in [5.41, 5.74) is 0.710. The van der Waals surface area contributed by atoms with Gasteiger partial charge in [0.1, 0.15) is 0 Å². The maximum atomic E-state index is 5.59. The summed E-state index contributed by atoms with van der Waals surface area (Å²) < 4.78 is 0. The summed E-state index contributed by atoms with van der Waals surface area (Å²) >= 11 is 10.3. The van der Waals surface area contributed by atoms with Crippen LogP contribution in [0.1, 0.15) is 75.2 Å². The number of rotatable bonds is 5. The minimum atomic E-state index is -1.00. The molecule has 19 heavy (non-hydrogen) atoms. The van der Waals surface area contributed by atoms with Crippen LogP contribution in [0, 0.1) is 22.7 Å². The first-order chi connectivity index (χ1) is 8.18. The molecule has 0 N–H and O–H groups in total. The van der Waals surface area contributed by atoms with E-state index in [1.54, 1.807) is 0 Å². The minimum absolute atomic E-state index is 0.188. The second-order valence-corrected chi connectivity index (χ2v) is 14.4. The van der Waals surface area contributed by atoms with Crippen LogP contribution in [0.15, 0.2) is 0 Å². The summed E-state index contributed by atoms with van der Waals surface area (Å²) in [5.74, 6) is 0.381. The summed E-state index contributed by atoms with van der Waals surface area (Å²) in [6.45, 7) is 21.1. The van der Waals surface area contributed by atoms with Gasteiger partial charge in [-0.3, -0.25) is 0 Å². The standard InChI is InChI=1S/C16H35PS2/c1-12(11-14(2,3)4)10-13(15(5,6)7)16(8,9)17(18)19/h12-13,17H,10-11H2,1-9H3,(H,18,19). The molecular formula is C16H35PS2. The lowest BCUT2D eigenvalue weighted by Crippen LogP contribution is -2.38. The molecule has 116 valence electrons. The Morgan fingerprint density at radius 1 is 1.00 bits per heavy atom. The number of thiol groups is 1. The Balaban J connectivity index is 5.07. The maximum Gasteiger partial charge on any atom is 0.00307 e. The van der Waals surface area contributed by atoms with Crippen LogP contribution >= 0.6 is 18.1 Å². The highest BCUT2D eigenvalue weighted by atomic mass is 32.9. The maximum absolute atomic E-state index is 5.59. The Bertz CT molecular complexity index is 308. The smallest absolute Gasteiger partial charge is 0.00307 e. The van der Waals surface area contributed by atoms with E-state index in [9.17, 15) is 0 Å². The second-order valence-electron chi connectivity index (χ2n) is 9.05. The van der Waals surface area contributed by atoms with E-state index >= 15 is 0 Å². The van der Waals surface area contributed by atoms with E-state index in [1.165, 1.54) is 12.8 Å². The van der Waals surface area contributed by atoms with Crippen LogP contribution in [-0.4, -0.2) is 5.16 Å². The first kappa shape index (κ1) is 20.0. The zero-order valence-corrected chi connectivity index (χ0v) is 17.1. The van der Waals surface area contributed by atoms with Crippen molar-refractivity contribution in [3.63, 3.8) is 0 Å². The van der Waals surface area contributed by atoms with Crippen LogP contribution in [0.5, 0.6) is 0 Å². The van der Waals surface area contributed by atoms with Crippen molar-refractivity contribution in [3.05, 3.63) is 0 Å². The summed E-state index contributed by atoms with van der Waals surface area (Å²) in [6, 6.07) is 0. The van der Waals surface area contributed by atoms with Gasteiger partial charge in [-0.2, -0.15) is 0 Å². The molecule has 0 aromatic heterocycles. The summed E-state index contributed by atoms with van der Waals surface area (Å²) in [4.78, 5) is 0. The molecular weight excluding hydrogens is 287 g/mol. The molecule has 0 heterocycles. The fourth-order valence-electron chi connectivity index (χ4n) is 3.41. The van der Waals surface area contributed by atoms with Crippen molar-refractivity contribution in [2.24, 2.45) is 22.7 Å². The molecule has 0 saturated carbocycles. The SMILES string of the molecule is CC(CC(C(C)(C)C)C(C)(C)[PH](=S)S)CC(C)(C)C. The van der Waals surface area contributed by atoms with Crippen molar-refractivity contribution in [2.45, 2.75) is 80.3 Å². The molecule has 0 spiro atoms. The highest BCUT2D eigenvalue weighted by Crippen LogP contribution is 2.55. The van der Waals surface area contributed by atoms with Gasteiger partial charge in [0.2, 0.25) is 0 Å². The Morgan fingerprint density at radius 3 is 1.68 bits per heavy atom.